The highest BCUT2D eigenvalue weighted by atomic mass is 16.5. The molecular formula is C10H12O2. The van der Waals surface area contributed by atoms with E-state index in [4.69, 9.17) is 9.47 Å². The molecule has 0 aromatic rings. The van der Waals surface area contributed by atoms with Crippen LogP contribution in [0.15, 0.2) is 35.3 Å². The largest absolute Gasteiger partial charge is 0.497 e. The molecule has 0 unspecified atom stereocenters. The van der Waals surface area contributed by atoms with Crippen molar-refractivity contribution in [3.8, 4) is 0 Å². The van der Waals surface area contributed by atoms with E-state index >= 15 is 0 Å². The monoisotopic (exact) mass is 164 g/mol. The summed E-state index contributed by atoms with van der Waals surface area (Å²) >= 11 is 0. The maximum Gasteiger partial charge on any atom is 0.145 e. The van der Waals surface area contributed by atoms with Gasteiger partial charge in [-0.3, -0.25) is 0 Å². The Morgan fingerprint density at radius 2 is 2.17 bits per heavy atom. The Hall–Kier alpha value is -1.18. The van der Waals surface area contributed by atoms with Crippen LogP contribution >= 0.6 is 0 Å². The number of methoxy groups -OCH3 is 1. The number of ether oxygens (including phenoxy) is 2. The summed E-state index contributed by atoms with van der Waals surface area (Å²) in [5, 5.41) is 0. The van der Waals surface area contributed by atoms with Crippen molar-refractivity contribution in [1.82, 2.24) is 0 Å². The highest BCUT2D eigenvalue weighted by molar-refractivity contribution is 5.41. The van der Waals surface area contributed by atoms with Gasteiger partial charge in [0, 0.05) is 5.57 Å². The molecule has 2 rings (SSSR count). The maximum absolute atomic E-state index is 5.48. The molecule has 0 saturated heterocycles. The number of rotatable bonds is 1. The first kappa shape index (κ1) is 7.47. The predicted octanol–water partition coefficient (Wildman–Crippen LogP) is 2.15. The Morgan fingerprint density at radius 3 is 3.00 bits per heavy atom. The minimum absolute atomic E-state index is 0.569. The first-order valence-electron chi connectivity index (χ1n) is 4.18. The van der Waals surface area contributed by atoms with Crippen LogP contribution in [-0.2, 0) is 9.47 Å². The summed E-state index contributed by atoms with van der Waals surface area (Å²) in [6.45, 7) is 0.569. The second-order valence-corrected chi connectivity index (χ2v) is 2.91. The van der Waals surface area contributed by atoms with E-state index in [2.05, 4.69) is 18.2 Å². The molecule has 0 atom stereocenters. The van der Waals surface area contributed by atoms with Gasteiger partial charge in [-0.05, 0) is 25.0 Å². The normalized spacial score (nSPS) is 21.2. The zero-order valence-electron chi connectivity index (χ0n) is 7.17. The second kappa shape index (κ2) is 3.05. The van der Waals surface area contributed by atoms with Crippen LogP contribution in [-0.4, -0.2) is 13.7 Å². The van der Waals surface area contributed by atoms with E-state index < -0.39 is 0 Å². The SMILES string of the molecule is COC1=CC2=CCCC=C2OC1. The predicted molar refractivity (Wildman–Crippen MR) is 46.4 cm³/mol. The van der Waals surface area contributed by atoms with E-state index in [-0.39, 0.29) is 0 Å². The number of hydrogen-bond acceptors (Lipinski definition) is 2. The van der Waals surface area contributed by atoms with Gasteiger partial charge < -0.3 is 9.47 Å². The Bertz CT molecular complexity index is 272. The molecule has 0 amide bonds. The van der Waals surface area contributed by atoms with Gasteiger partial charge in [-0.2, -0.15) is 0 Å². The van der Waals surface area contributed by atoms with Crippen LogP contribution in [0.2, 0.25) is 0 Å². The van der Waals surface area contributed by atoms with Gasteiger partial charge in [0.2, 0.25) is 0 Å². The lowest BCUT2D eigenvalue weighted by molar-refractivity contribution is 0.163. The van der Waals surface area contributed by atoms with E-state index in [1.807, 2.05) is 0 Å². The maximum atomic E-state index is 5.48. The van der Waals surface area contributed by atoms with Crippen LogP contribution in [0, 0.1) is 0 Å². The zero-order chi connectivity index (χ0) is 8.39. The van der Waals surface area contributed by atoms with Crippen LogP contribution in [0.4, 0.5) is 0 Å². The van der Waals surface area contributed by atoms with E-state index in [9.17, 15) is 0 Å². The van der Waals surface area contributed by atoms with Gasteiger partial charge in [0.15, 0.2) is 0 Å². The van der Waals surface area contributed by atoms with Crippen molar-refractivity contribution in [3.63, 3.8) is 0 Å². The molecule has 64 valence electrons. The molecule has 2 nitrogen and oxygen atoms in total. The van der Waals surface area contributed by atoms with Gasteiger partial charge in [-0.25, -0.2) is 0 Å². The lowest BCUT2D eigenvalue weighted by Crippen LogP contribution is -2.09. The standard InChI is InChI=1S/C10H12O2/c1-11-9-6-8-4-2-3-5-10(8)12-7-9/h4-6H,2-3,7H2,1H3. The molecule has 0 radical (unpaired) electrons. The van der Waals surface area contributed by atoms with E-state index in [0.717, 1.165) is 24.4 Å². The molecular weight excluding hydrogens is 152 g/mol. The summed E-state index contributed by atoms with van der Waals surface area (Å²) in [4.78, 5) is 0. The second-order valence-electron chi connectivity index (χ2n) is 2.91. The van der Waals surface area contributed by atoms with Gasteiger partial charge in [-0.1, -0.05) is 6.08 Å². The zero-order valence-corrected chi connectivity index (χ0v) is 7.17. The molecule has 0 bridgehead atoms. The first-order valence-corrected chi connectivity index (χ1v) is 4.18. The highest BCUT2D eigenvalue weighted by Gasteiger charge is 2.15. The van der Waals surface area contributed by atoms with Crippen molar-refractivity contribution in [1.29, 1.82) is 0 Å². The molecule has 0 fully saturated rings. The summed E-state index contributed by atoms with van der Waals surface area (Å²) in [5.74, 6) is 1.92. The van der Waals surface area contributed by atoms with Crippen LogP contribution < -0.4 is 0 Å². The topological polar surface area (TPSA) is 18.5 Å². The average Bonchev–Trinajstić information content (AvgIpc) is 2.17. The summed E-state index contributed by atoms with van der Waals surface area (Å²) in [5.41, 5.74) is 1.17. The van der Waals surface area contributed by atoms with Crippen LogP contribution in [0.25, 0.3) is 0 Å². The molecule has 0 saturated carbocycles. The third-order valence-corrected chi connectivity index (χ3v) is 2.09. The third-order valence-electron chi connectivity index (χ3n) is 2.09. The van der Waals surface area contributed by atoms with E-state index in [1.54, 1.807) is 7.11 Å². The van der Waals surface area contributed by atoms with Crippen molar-refractivity contribution >= 4 is 0 Å². The fourth-order valence-electron chi connectivity index (χ4n) is 1.43. The fraction of sp³-hybridized carbons (Fsp3) is 0.400. The Morgan fingerprint density at radius 1 is 1.33 bits per heavy atom. The van der Waals surface area contributed by atoms with Crippen molar-refractivity contribution < 1.29 is 9.47 Å². The molecule has 1 aliphatic heterocycles. The fourth-order valence-corrected chi connectivity index (χ4v) is 1.43. The highest BCUT2D eigenvalue weighted by Crippen LogP contribution is 2.26. The number of allylic oxidation sites excluding steroid dienone is 3. The molecule has 2 aliphatic rings. The Labute approximate surface area is 72.2 Å². The van der Waals surface area contributed by atoms with E-state index in [0.29, 0.717) is 6.61 Å². The van der Waals surface area contributed by atoms with Crippen LogP contribution in [0.5, 0.6) is 0 Å². The van der Waals surface area contributed by atoms with Gasteiger partial charge in [-0.15, -0.1) is 0 Å². The minimum atomic E-state index is 0.569. The van der Waals surface area contributed by atoms with Crippen molar-refractivity contribution in [2.24, 2.45) is 0 Å². The molecule has 0 N–H and O–H groups in total. The van der Waals surface area contributed by atoms with Gasteiger partial charge in [0.1, 0.15) is 18.1 Å². The lowest BCUT2D eigenvalue weighted by Gasteiger charge is -2.21. The minimum Gasteiger partial charge on any atom is -0.497 e. The summed E-state index contributed by atoms with van der Waals surface area (Å²) < 4.78 is 10.6. The molecule has 1 aliphatic carbocycles. The smallest absolute Gasteiger partial charge is 0.145 e. The quantitative estimate of drug-likeness (QED) is 0.591. The number of fused-ring (bicyclic) bond motifs is 1. The molecule has 0 aromatic carbocycles. The molecule has 1 heterocycles. The van der Waals surface area contributed by atoms with Gasteiger partial charge in [0.25, 0.3) is 0 Å². The summed E-state index contributed by atoms with van der Waals surface area (Å²) in [6, 6.07) is 0. The molecule has 12 heavy (non-hydrogen) atoms. The van der Waals surface area contributed by atoms with Gasteiger partial charge in [0.05, 0.1) is 7.11 Å². The Kier molecular flexibility index (Phi) is 1.90. The molecule has 0 spiro atoms. The first-order chi connectivity index (χ1) is 5.90. The van der Waals surface area contributed by atoms with Gasteiger partial charge >= 0.3 is 0 Å². The third kappa shape index (κ3) is 1.24. The van der Waals surface area contributed by atoms with E-state index in [1.165, 1.54) is 5.57 Å². The molecule has 2 heteroatoms. The number of hydrogen-bond donors (Lipinski definition) is 0. The van der Waals surface area contributed by atoms with Crippen molar-refractivity contribution in [2.45, 2.75) is 12.8 Å². The Balaban J connectivity index is 2.26. The van der Waals surface area contributed by atoms with Crippen LogP contribution in [0.3, 0.4) is 0 Å². The summed E-state index contributed by atoms with van der Waals surface area (Å²) in [7, 11) is 1.67. The van der Waals surface area contributed by atoms with Crippen molar-refractivity contribution in [2.75, 3.05) is 13.7 Å². The van der Waals surface area contributed by atoms with Crippen molar-refractivity contribution in [3.05, 3.63) is 35.3 Å². The summed E-state index contributed by atoms with van der Waals surface area (Å²) in [6.07, 6.45) is 8.57. The molecule has 0 aromatic heterocycles. The lowest BCUT2D eigenvalue weighted by atomic mass is 10.0. The van der Waals surface area contributed by atoms with Crippen LogP contribution in [0.1, 0.15) is 12.8 Å². The average molecular weight is 164 g/mol.